The molecule has 2 rings (SSSR count). The van der Waals surface area contributed by atoms with Crippen LogP contribution < -0.4 is 0 Å². The molecule has 1 heterocycles. The zero-order chi connectivity index (χ0) is 13.0. The van der Waals surface area contributed by atoms with E-state index in [0.717, 1.165) is 5.69 Å². The summed E-state index contributed by atoms with van der Waals surface area (Å²) in [5.41, 5.74) is 1.50. The Hall–Kier alpha value is -1.72. The first-order chi connectivity index (χ1) is 8.74. The number of aliphatic hydroxyl groups excluding tert-OH is 1. The molecule has 0 aliphatic carbocycles. The fourth-order valence-electron chi connectivity index (χ4n) is 1.81. The summed E-state index contributed by atoms with van der Waals surface area (Å²) in [6.45, 7) is 4.29. The van der Waals surface area contributed by atoms with E-state index in [4.69, 9.17) is 4.74 Å². The molecule has 0 spiro atoms. The van der Waals surface area contributed by atoms with Gasteiger partial charge in [0.1, 0.15) is 6.10 Å². The van der Waals surface area contributed by atoms with E-state index in [2.05, 4.69) is 10.3 Å². The SMILES string of the molecule is CCOC(C)C(O)c1cnnn1-c1ccccc1. The largest absolute Gasteiger partial charge is 0.384 e. The number of ether oxygens (including phenoxy) is 1. The third-order valence-corrected chi connectivity index (χ3v) is 2.75. The van der Waals surface area contributed by atoms with Crippen molar-refractivity contribution in [1.82, 2.24) is 15.0 Å². The van der Waals surface area contributed by atoms with Crippen LogP contribution in [0.5, 0.6) is 0 Å². The van der Waals surface area contributed by atoms with Gasteiger partial charge in [0.25, 0.3) is 0 Å². The van der Waals surface area contributed by atoms with E-state index in [9.17, 15) is 5.11 Å². The van der Waals surface area contributed by atoms with Crippen molar-refractivity contribution in [2.45, 2.75) is 26.1 Å². The van der Waals surface area contributed by atoms with Crippen LogP contribution in [0.3, 0.4) is 0 Å². The molecule has 96 valence electrons. The highest BCUT2D eigenvalue weighted by Crippen LogP contribution is 2.20. The van der Waals surface area contributed by atoms with Crippen LogP contribution in [-0.4, -0.2) is 32.8 Å². The lowest BCUT2D eigenvalue weighted by Crippen LogP contribution is -2.21. The van der Waals surface area contributed by atoms with Gasteiger partial charge in [-0.1, -0.05) is 23.4 Å². The van der Waals surface area contributed by atoms with Gasteiger partial charge in [-0.25, -0.2) is 4.68 Å². The summed E-state index contributed by atoms with van der Waals surface area (Å²) >= 11 is 0. The fraction of sp³-hybridized carbons (Fsp3) is 0.385. The number of nitrogens with zero attached hydrogens (tertiary/aromatic N) is 3. The predicted molar refractivity (Wildman–Crippen MR) is 67.4 cm³/mol. The van der Waals surface area contributed by atoms with E-state index in [0.29, 0.717) is 12.3 Å². The van der Waals surface area contributed by atoms with E-state index in [1.807, 2.05) is 44.2 Å². The maximum Gasteiger partial charge on any atom is 0.123 e. The van der Waals surface area contributed by atoms with Gasteiger partial charge in [0.05, 0.1) is 23.7 Å². The third-order valence-electron chi connectivity index (χ3n) is 2.75. The van der Waals surface area contributed by atoms with Gasteiger partial charge < -0.3 is 9.84 Å². The van der Waals surface area contributed by atoms with Crippen molar-refractivity contribution in [2.75, 3.05) is 6.61 Å². The molecule has 2 aromatic rings. The Morgan fingerprint density at radius 2 is 2.06 bits per heavy atom. The van der Waals surface area contributed by atoms with Crippen LogP contribution in [0.15, 0.2) is 36.5 Å². The molecule has 5 nitrogen and oxygen atoms in total. The summed E-state index contributed by atoms with van der Waals surface area (Å²) in [5, 5.41) is 18.1. The van der Waals surface area contributed by atoms with Crippen LogP contribution >= 0.6 is 0 Å². The molecule has 2 atom stereocenters. The first-order valence-electron chi connectivity index (χ1n) is 5.99. The van der Waals surface area contributed by atoms with Crippen LogP contribution in [0.4, 0.5) is 0 Å². The van der Waals surface area contributed by atoms with E-state index in [1.54, 1.807) is 10.9 Å². The Morgan fingerprint density at radius 1 is 1.33 bits per heavy atom. The molecule has 5 heteroatoms. The molecular weight excluding hydrogens is 230 g/mol. The molecule has 1 N–H and O–H groups in total. The number of para-hydroxylation sites is 1. The Balaban J connectivity index is 2.28. The lowest BCUT2D eigenvalue weighted by Gasteiger charge is -2.19. The first kappa shape index (κ1) is 12.7. The second kappa shape index (κ2) is 5.75. The maximum absolute atomic E-state index is 10.2. The highest BCUT2D eigenvalue weighted by Gasteiger charge is 2.21. The molecule has 0 radical (unpaired) electrons. The molecule has 2 unspecified atom stereocenters. The number of hydrogen-bond donors (Lipinski definition) is 1. The number of aliphatic hydroxyl groups is 1. The molecule has 0 aliphatic heterocycles. The van der Waals surface area contributed by atoms with Crippen molar-refractivity contribution < 1.29 is 9.84 Å². The first-order valence-corrected chi connectivity index (χ1v) is 5.99. The number of aromatic nitrogens is 3. The predicted octanol–water partition coefficient (Wildman–Crippen LogP) is 1.73. The van der Waals surface area contributed by atoms with Crippen LogP contribution in [-0.2, 0) is 4.74 Å². The minimum absolute atomic E-state index is 0.295. The summed E-state index contributed by atoms with van der Waals surface area (Å²) < 4.78 is 7.02. The average molecular weight is 247 g/mol. The number of benzene rings is 1. The normalized spacial score (nSPS) is 14.4. The molecule has 0 fully saturated rings. The van der Waals surface area contributed by atoms with E-state index >= 15 is 0 Å². The number of hydrogen-bond acceptors (Lipinski definition) is 4. The van der Waals surface area contributed by atoms with Crippen LogP contribution in [0.2, 0.25) is 0 Å². The minimum Gasteiger partial charge on any atom is -0.384 e. The third kappa shape index (κ3) is 2.57. The van der Waals surface area contributed by atoms with E-state index in [-0.39, 0.29) is 6.10 Å². The summed E-state index contributed by atoms with van der Waals surface area (Å²) in [6, 6.07) is 9.59. The molecule has 0 saturated carbocycles. The molecular formula is C13H17N3O2. The Labute approximate surface area is 106 Å². The summed E-state index contributed by atoms with van der Waals surface area (Å²) in [4.78, 5) is 0. The monoisotopic (exact) mass is 247 g/mol. The average Bonchev–Trinajstić information content (AvgIpc) is 2.88. The Bertz CT molecular complexity index is 484. The van der Waals surface area contributed by atoms with E-state index in [1.165, 1.54) is 0 Å². The lowest BCUT2D eigenvalue weighted by atomic mass is 10.1. The molecule has 1 aromatic heterocycles. The van der Waals surface area contributed by atoms with Crippen LogP contribution in [0.1, 0.15) is 25.6 Å². The molecule has 1 aromatic carbocycles. The molecule has 0 aliphatic rings. The quantitative estimate of drug-likeness (QED) is 0.874. The van der Waals surface area contributed by atoms with Gasteiger partial charge in [0.15, 0.2) is 0 Å². The lowest BCUT2D eigenvalue weighted by molar-refractivity contribution is -0.0256. The zero-order valence-electron chi connectivity index (χ0n) is 10.5. The van der Waals surface area contributed by atoms with Crippen molar-refractivity contribution in [3.63, 3.8) is 0 Å². The number of rotatable bonds is 5. The van der Waals surface area contributed by atoms with Crippen molar-refractivity contribution in [2.24, 2.45) is 0 Å². The van der Waals surface area contributed by atoms with Gasteiger partial charge in [-0.2, -0.15) is 0 Å². The summed E-state index contributed by atoms with van der Waals surface area (Å²) in [6.07, 6.45) is 0.517. The molecule has 0 saturated heterocycles. The van der Waals surface area contributed by atoms with Gasteiger partial charge in [-0.15, -0.1) is 5.10 Å². The highest BCUT2D eigenvalue weighted by atomic mass is 16.5. The van der Waals surface area contributed by atoms with Gasteiger partial charge in [0, 0.05) is 6.61 Å². The van der Waals surface area contributed by atoms with Crippen molar-refractivity contribution in [3.05, 3.63) is 42.2 Å². The van der Waals surface area contributed by atoms with Gasteiger partial charge in [-0.3, -0.25) is 0 Å². The van der Waals surface area contributed by atoms with Gasteiger partial charge in [0.2, 0.25) is 0 Å². The van der Waals surface area contributed by atoms with Crippen LogP contribution in [0, 0.1) is 0 Å². The molecule has 18 heavy (non-hydrogen) atoms. The standard InChI is InChI=1S/C13H17N3O2/c1-3-18-10(2)13(17)12-9-14-15-16(12)11-7-5-4-6-8-11/h4-10,13,17H,3H2,1-2H3. The summed E-state index contributed by atoms with van der Waals surface area (Å²) in [5.74, 6) is 0. The molecule has 0 bridgehead atoms. The van der Waals surface area contributed by atoms with Crippen molar-refractivity contribution in [3.8, 4) is 5.69 Å². The Morgan fingerprint density at radius 3 is 2.72 bits per heavy atom. The van der Waals surface area contributed by atoms with Crippen molar-refractivity contribution >= 4 is 0 Å². The second-order valence-electron chi connectivity index (χ2n) is 4.01. The van der Waals surface area contributed by atoms with Crippen molar-refractivity contribution in [1.29, 1.82) is 0 Å². The zero-order valence-corrected chi connectivity index (χ0v) is 10.5. The Kier molecular flexibility index (Phi) is 4.07. The molecule has 0 amide bonds. The van der Waals surface area contributed by atoms with Gasteiger partial charge >= 0.3 is 0 Å². The smallest absolute Gasteiger partial charge is 0.123 e. The minimum atomic E-state index is -0.750. The second-order valence-corrected chi connectivity index (χ2v) is 4.01. The topological polar surface area (TPSA) is 60.2 Å². The maximum atomic E-state index is 10.2. The van der Waals surface area contributed by atoms with Gasteiger partial charge in [-0.05, 0) is 26.0 Å². The summed E-state index contributed by atoms with van der Waals surface area (Å²) in [7, 11) is 0. The highest BCUT2D eigenvalue weighted by molar-refractivity contribution is 5.32. The van der Waals surface area contributed by atoms with Crippen LogP contribution in [0.25, 0.3) is 5.69 Å². The fourth-order valence-corrected chi connectivity index (χ4v) is 1.81. The van der Waals surface area contributed by atoms with E-state index < -0.39 is 6.10 Å².